The van der Waals surface area contributed by atoms with Crippen molar-refractivity contribution < 1.29 is 9.53 Å². The summed E-state index contributed by atoms with van der Waals surface area (Å²) in [6, 6.07) is 16.6. The summed E-state index contributed by atoms with van der Waals surface area (Å²) in [4.78, 5) is 13.1. The molecule has 2 aromatic carbocycles. The first kappa shape index (κ1) is 15.3. The van der Waals surface area contributed by atoms with Crippen LogP contribution in [0.5, 0.6) is 11.5 Å². The number of nitrogens with zero attached hydrogens (tertiary/aromatic N) is 4. The van der Waals surface area contributed by atoms with Crippen LogP contribution < -0.4 is 10.1 Å². The van der Waals surface area contributed by atoms with Gasteiger partial charge in [0.1, 0.15) is 5.75 Å². The van der Waals surface area contributed by atoms with Gasteiger partial charge >= 0.3 is 0 Å². The number of nitrogens with one attached hydrogen (secondary N) is 1. The van der Waals surface area contributed by atoms with Crippen molar-refractivity contribution in [3.63, 3.8) is 0 Å². The maximum atomic E-state index is 12.5. The average molecular weight is 351 g/mol. The summed E-state index contributed by atoms with van der Waals surface area (Å²) in [6.07, 6.45) is 0. The summed E-state index contributed by atoms with van der Waals surface area (Å²) >= 11 is 1.18. The average Bonchev–Trinajstić information content (AvgIpc) is 3.20. The van der Waals surface area contributed by atoms with Crippen LogP contribution in [0, 0.1) is 6.92 Å². The Hall–Kier alpha value is -3.26. The number of aromatic nitrogens is 4. The van der Waals surface area contributed by atoms with Crippen LogP contribution in [0.1, 0.15) is 15.6 Å². The van der Waals surface area contributed by atoms with E-state index in [2.05, 4.69) is 20.6 Å². The third kappa shape index (κ3) is 3.07. The molecule has 0 bridgehead atoms. The Labute approximate surface area is 146 Å². The highest BCUT2D eigenvalue weighted by Gasteiger charge is 2.17. The number of fused-ring (bicyclic) bond motifs is 1. The molecule has 0 aliphatic rings. The Morgan fingerprint density at radius 1 is 1.08 bits per heavy atom. The van der Waals surface area contributed by atoms with Gasteiger partial charge in [-0.1, -0.05) is 41.7 Å². The minimum atomic E-state index is -0.320. The van der Waals surface area contributed by atoms with Crippen molar-refractivity contribution in [1.82, 2.24) is 19.8 Å². The molecule has 0 unspecified atom stereocenters. The van der Waals surface area contributed by atoms with Crippen molar-refractivity contribution in [2.75, 3.05) is 5.32 Å². The van der Waals surface area contributed by atoms with Gasteiger partial charge in [-0.3, -0.25) is 4.79 Å². The van der Waals surface area contributed by atoms with Crippen molar-refractivity contribution in [1.29, 1.82) is 0 Å². The predicted molar refractivity (Wildman–Crippen MR) is 94.3 cm³/mol. The molecule has 0 atom stereocenters. The van der Waals surface area contributed by atoms with E-state index in [0.717, 1.165) is 0 Å². The second kappa shape index (κ2) is 6.33. The van der Waals surface area contributed by atoms with Gasteiger partial charge in [-0.25, -0.2) is 0 Å². The van der Waals surface area contributed by atoms with Gasteiger partial charge < -0.3 is 10.1 Å². The summed E-state index contributed by atoms with van der Waals surface area (Å²) < 4.78 is 7.40. The number of benzene rings is 2. The number of hydrogen-bond acceptors (Lipinski definition) is 6. The second-order valence-electron chi connectivity index (χ2n) is 5.21. The molecule has 1 N–H and O–H groups in total. The lowest BCUT2D eigenvalue weighted by molar-refractivity contribution is 0.102. The monoisotopic (exact) mass is 351 g/mol. The molecule has 0 saturated carbocycles. The molecule has 0 saturated heterocycles. The second-order valence-corrected chi connectivity index (χ2v) is 6.17. The maximum Gasteiger partial charge on any atom is 0.286 e. The van der Waals surface area contributed by atoms with Gasteiger partial charge in [0.05, 0.1) is 5.69 Å². The minimum Gasteiger partial charge on any atom is -0.455 e. The first-order valence-electron chi connectivity index (χ1n) is 7.53. The largest absolute Gasteiger partial charge is 0.455 e. The number of aryl methyl sites for hydroxylation is 1. The number of amides is 1. The molecule has 7 nitrogen and oxygen atoms in total. The highest BCUT2D eigenvalue weighted by molar-refractivity contribution is 7.18. The highest BCUT2D eigenvalue weighted by Crippen LogP contribution is 2.29. The van der Waals surface area contributed by atoms with Gasteiger partial charge in [-0.15, -0.1) is 15.3 Å². The molecule has 124 valence electrons. The fourth-order valence-corrected chi connectivity index (χ4v) is 3.04. The maximum absolute atomic E-state index is 12.5. The van der Waals surface area contributed by atoms with E-state index >= 15 is 0 Å². The zero-order valence-electron chi connectivity index (χ0n) is 13.2. The van der Waals surface area contributed by atoms with Gasteiger partial charge in [0.2, 0.25) is 9.97 Å². The van der Waals surface area contributed by atoms with Gasteiger partial charge in [-0.05, 0) is 31.2 Å². The zero-order chi connectivity index (χ0) is 17.2. The van der Waals surface area contributed by atoms with E-state index in [4.69, 9.17) is 4.74 Å². The number of carbonyl (C=O) groups is 1. The topological polar surface area (TPSA) is 81.4 Å². The Kier molecular flexibility index (Phi) is 3.87. The fourth-order valence-electron chi connectivity index (χ4n) is 2.26. The summed E-state index contributed by atoms with van der Waals surface area (Å²) in [5, 5.41) is 15.3. The van der Waals surface area contributed by atoms with E-state index in [0.29, 0.717) is 33.0 Å². The Bertz CT molecular complexity index is 1040. The minimum absolute atomic E-state index is 0.308. The molecule has 2 heterocycles. The van der Waals surface area contributed by atoms with Crippen molar-refractivity contribution in [3.05, 3.63) is 65.4 Å². The van der Waals surface area contributed by atoms with Crippen molar-refractivity contribution in [2.45, 2.75) is 6.92 Å². The number of carbonyl (C=O) groups excluding carboxylic acids is 1. The number of anilines is 1. The molecule has 0 spiro atoms. The number of ether oxygens (including phenoxy) is 1. The third-order valence-corrected chi connectivity index (χ3v) is 4.34. The Morgan fingerprint density at radius 3 is 2.64 bits per heavy atom. The summed E-state index contributed by atoms with van der Waals surface area (Å²) in [5.74, 6) is 1.57. The van der Waals surface area contributed by atoms with Crippen LogP contribution in [-0.4, -0.2) is 25.7 Å². The van der Waals surface area contributed by atoms with Crippen LogP contribution in [0.15, 0.2) is 54.6 Å². The van der Waals surface area contributed by atoms with Crippen LogP contribution in [0.4, 0.5) is 5.69 Å². The van der Waals surface area contributed by atoms with Gasteiger partial charge in [0.25, 0.3) is 5.91 Å². The quantitative estimate of drug-likeness (QED) is 0.608. The van der Waals surface area contributed by atoms with Crippen LogP contribution >= 0.6 is 11.3 Å². The third-order valence-electron chi connectivity index (χ3n) is 3.45. The Morgan fingerprint density at radius 2 is 1.84 bits per heavy atom. The van der Waals surface area contributed by atoms with Crippen molar-refractivity contribution >= 4 is 27.9 Å². The van der Waals surface area contributed by atoms with E-state index in [-0.39, 0.29) is 5.91 Å². The molecule has 0 aliphatic carbocycles. The van der Waals surface area contributed by atoms with Crippen molar-refractivity contribution in [3.8, 4) is 11.5 Å². The first-order chi connectivity index (χ1) is 12.2. The molecule has 0 fully saturated rings. The number of para-hydroxylation sites is 3. The smallest absolute Gasteiger partial charge is 0.286 e. The van der Waals surface area contributed by atoms with Gasteiger partial charge in [-0.2, -0.15) is 4.52 Å². The summed E-state index contributed by atoms with van der Waals surface area (Å²) in [7, 11) is 0. The van der Waals surface area contributed by atoms with Crippen LogP contribution in [-0.2, 0) is 0 Å². The standard InChI is InChI=1S/C17H13N5O2S/c1-11-19-20-17-22(11)21-16(25-17)15(23)18-13-9-5-6-10-14(13)24-12-7-3-2-4-8-12/h2-10H,1H3,(H,18,23). The lowest BCUT2D eigenvalue weighted by Crippen LogP contribution is -2.12. The van der Waals surface area contributed by atoms with E-state index in [9.17, 15) is 4.79 Å². The molecule has 0 radical (unpaired) electrons. The molecule has 1 amide bonds. The molecule has 0 aliphatic heterocycles. The Balaban J connectivity index is 1.58. The molecular weight excluding hydrogens is 338 g/mol. The van der Waals surface area contributed by atoms with Gasteiger partial charge in [0, 0.05) is 0 Å². The van der Waals surface area contributed by atoms with Crippen LogP contribution in [0.25, 0.3) is 4.96 Å². The molecule has 8 heteroatoms. The normalized spacial score (nSPS) is 10.8. The first-order valence-corrected chi connectivity index (χ1v) is 8.34. The van der Waals surface area contributed by atoms with Crippen LogP contribution in [0.2, 0.25) is 0 Å². The SMILES string of the molecule is Cc1nnc2sc(C(=O)Nc3ccccc3Oc3ccccc3)nn12. The van der Waals surface area contributed by atoms with E-state index in [1.165, 1.54) is 11.3 Å². The van der Waals surface area contributed by atoms with Gasteiger partial charge in [0.15, 0.2) is 11.6 Å². The predicted octanol–water partition coefficient (Wildman–Crippen LogP) is 3.54. The van der Waals surface area contributed by atoms with Crippen LogP contribution in [0.3, 0.4) is 0 Å². The lowest BCUT2D eigenvalue weighted by atomic mass is 10.3. The lowest BCUT2D eigenvalue weighted by Gasteiger charge is -2.11. The molecule has 4 aromatic rings. The molecular formula is C17H13N5O2S. The highest BCUT2D eigenvalue weighted by atomic mass is 32.1. The zero-order valence-corrected chi connectivity index (χ0v) is 14.0. The van der Waals surface area contributed by atoms with Crippen molar-refractivity contribution in [2.24, 2.45) is 0 Å². The molecule has 25 heavy (non-hydrogen) atoms. The number of hydrogen-bond donors (Lipinski definition) is 1. The van der Waals surface area contributed by atoms with E-state index in [1.807, 2.05) is 42.5 Å². The molecule has 4 rings (SSSR count). The fraction of sp³-hybridized carbons (Fsp3) is 0.0588. The van der Waals surface area contributed by atoms with E-state index < -0.39 is 0 Å². The summed E-state index contributed by atoms with van der Waals surface area (Å²) in [6.45, 7) is 1.78. The number of rotatable bonds is 4. The van der Waals surface area contributed by atoms with E-state index in [1.54, 1.807) is 23.6 Å². The molecule has 2 aromatic heterocycles. The summed E-state index contributed by atoms with van der Waals surface area (Å²) in [5.41, 5.74) is 0.569.